The van der Waals surface area contributed by atoms with Gasteiger partial charge in [-0.05, 0) is 24.6 Å². The van der Waals surface area contributed by atoms with Crippen molar-refractivity contribution in [1.82, 2.24) is 10.3 Å². The van der Waals surface area contributed by atoms with Crippen LogP contribution in [-0.2, 0) is 13.1 Å². The molecular weight excluding hydrogens is 316 g/mol. The second-order valence-corrected chi connectivity index (χ2v) is 6.30. The number of aryl methyl sites for hydroxylation is 1. The van der Waals surface area contributed by atoms with Crippen LogP contribution >= 0.6 is 0 Å². The van der Waals surface area contributed by atoms with Crippen molar-refractivity contribution in [2.45, 2.75) is 20.0 Å². The van der Waals surface area contributed by atoms with Gasteiger partial charge < -0.3 is 19.8 Å². The molecule has 2 heterocycles. The third kappa shape index (κ3) is 3.37. The summed E-state index contributed by atoms with van der Waals surface area (Å²) in [5, 5.41) is 4.27. The Balaban J connectivity index is 1.53. The summed E-state index contributed by atoms with van der Waals surface area (Å²) >= 11 is 0. The molecule has 2 N–H and O–H groups in total. The fourth-order valence-electron chi connectivity index (χ4n) is 2.97. The predicted octanol–water partition coefficient (Wildman–Crippen LogP) is 2.90. The lowest BCUT2D eigenvalue weighted by Crippen LogP contribution is -2.21. The van der Waals surface area contributed by atoms with E-state index >= 15 is 0 Å². The fraction of sp³-hybridized carbons (Fsp3) is 0.250. The van der Waals surface area contributed by atoms with Crippen LogP contribution in [0.4, 0.5) is 0 Å². The van der Waals surface area contributed by atoms with E-state index in [2.05, 4.69) is 41.5 Å². The normalized spacial score (nSPS) is 13.2. The van der Waals surface area contributed by atoms with Crippen molar-refractivity contribution in [3.05, 3.63) is 69.5 Å². The number of hydrogen-bond donors (Lipinski definition) is 2. The molecule has 2 aromatic carbocycles. The van der Waals surface area contributed by atoms with E-state index in [9.17, 15) is 4.79 Å². The highest BCUT2D eigenvalue weighted by molar-refractivity contribution is 5.83. The van der Waals surface area contributed by atoms with Gasteiger partial charge in [-0.25, -0.2) is 0 Å². The predicted molar refractivity (Wildman–Crippen MR) is 97.3 cm³/mol. The molecule has 128 valence electrons. The van der Waals surface area contributed by atoms with Crippen LogP contribution in [0.3, 0.4) is 0 Å². The number of aromatic amines is 1. The van der Waals surface area contributed by atoms with E-state index in [1.165, 1.54) is 11.1 Å². The van der Waals surface area contributed by atoms with Crippen LogP contribution in [-0.4, -0.2) is 18.2 Å². The molecule has 0 atom stereocenters. The van der Waals surface area contributed by atoms with Gasteiger partial charge in [0, 0.05) is 30.1 Å². The van der Waals surface area contributed by atoms with Crippen molar-refractivity contribution in [1.29, 1.82) is 0 Å². The molecule has 25 heavy (non-hydrogen) atoms. The molecule has 1 aromatic heterocycles. The monoisotopic (exact) mass is 336 g/mol. The first-order chi connectivity index (χ1) is 12.2. The first kappa shape index (κ1) is 15.7. The van der Waals surface area contributed by atoms with Gasteiger partial charge >= 0.3 is 0 Å². The molecule has 0 spiro atoms. The maximum Gasteiger partial charge on any atom is 0.252 e. The van der Waals surface area contributed by atoms with E-state index in [4.69, 9.17) is 9.47 Å². The molecule has 5 nitrogen and oxygen atoms in total. The minimum atomic E-state index is -0.0828. The average molecular weight is 336 g/mol. The van der Waals surface area contributed by atoms with Crippen LogP contribution < -0.4 is 20.3 Å². The number of rotatable bonds is 4. The lowest BCUT2D eigenvalue weighted by molar-refractivity contribution is 0.172. The van der Waals surface area contributed by atoms with Crippen LogP contribution in [0.5, 0.6) is 11.5 Å². The second kappa shape index (κ2) is 6.61. The maximum atomic E-state index is 12.3. The molecule has 0 fully saturated rings. The van der Waals surface area contributed by atoms with Crippen LogP contribution in [0.1, 0.15) is 16.7 Å². The molecule has 0 saturated carbocycles. The van der Waals surface area contributed by atoms with Crippen molar-refractivity contribution in [2.75, 3.05) is 13.2 Å². The SMILES string of the molecule is Cc1ccc(CNCc2cc3cc4c(cc3[nH]c2=O)OCCO4)cc1. The Morgan fingerprint density at radius 1 is 1.00 bits per heavy atom. The first-order valence-corrected chi connectivity index (χ1v) is 8.41. The van der Waals surface area contributed by atoms with Gasteiger partial charge in [0.05, 0.1) is 5.52 Å². The van der Waals surface area contributed by atoms with Gasteiger partial charge in [-0.1, -0.05) is 29.8 Å². The van der Waals surface area contributed by atoms with Gasteiger partial charge in [-0.2, -0.15) is 0 Å². The van der Waals surface area contributed by atoms with Crippen molar-refractivity contribution in [2.24, 2.45) is 0 Å². The second-order valence-electron chi connectivity index (χ2n) is 6.30. The average Bonchev–Trinajstić information content (AvgIpc) is 2.62. The molecule has 1 aliphatic rings. The standard InChI is InChI=1S/C20H20N2O3/c1-13-2-4-14(5-3-13)11-21-12-16-8-15-9-18-19(25-7-6-24-18)10-17(15)22-20(16)23/h2-5,8-10,21H,6-7,11-12H2,1H3,(H,22,23). The van der Waals surface area contributed by atoms with E-state index in [1.807, 2.05) is 18.2 Å². The highest BCUT2D eigenvalue weighted by Gasteiger charge is 2.14. The molecule has 0 unspecified atom stereocenters. The van der Waals surface area contributed by atoms with Crippen LogP contribution in [0, 0.1) is 6.92 Å². The summed E-state index contributed by atoms with van der Waals surface area (Å²) in [6.45, 7) is 4.38. The number of benzene rings is 2. The third-order valence-corrected chi connectivity index (χ3v) is 4.35. The summed E-state index contributed by atoms with van der Waals surface area (Å²) < 4.78 is 11.2. The number of H-pyrrole nitrogens is 1. The van der Waals surface area contributed by atoms with Crippen LogP contribution in [0.2, 0.25) is 0 Å². The number of pyridine rings is 1. The summed E-state index contributed by atoms with van der Waals surface area (Å²) in [5.74, 6) is 1.41. The molecule has 3 aromatic rings. The molecule has 0 aliphatic carbocycles. The highest BCUT2D eigenvalue weighted by Crippen LogP contribution is 2.33. The number of ether oxygens (including phenoxy) is 2. The summed E-state index contributed by atoms with van der Waals surface area (Å²) in [4.78, 5) is 15.3. The number of fused-ring (bicyclic) bond motifs is 2. The summed E-state index contributed by atoms with van der Waals surface area (Å²) in [6.07, 6.45) is 0. The molecule has 0 saturated heterocycles. The Bertz CT molecular complexity index is 961. The number of hydrogen-bond acceptors (Lipinski definition) is 4. The zero-order valence-electron chi connectivity index (χ0n) is 14.1. The van der Waals surface area contributed by atoms with E-state index in [-0.39, 0.29) is 5.56 Å². The molecule has 1 aliphatic heterocycles. The minimum Gasteiger partial charge on any atom is -0.486 e. The smallest absolute Gasteiger partial charge is 0.252 e. The Kier molecular flexibility index (Phi) is 4.15. The molecule has 4 rings (SSSR count). The van der Waals surface area contributed by atoms with Crippen molar-refractivity contribution in [3.8, 4) is 11.5 Å². The molecule has 0 bridgehead atoms. The summed E-state index contributed by atoms with van der Waals surface area (Å²) in [6, 6.07) is 14.0. The summed E-state index contributed by atoms with van der Waals surface area (Å²) in [7, 11) is 0. The Morgan fingerprint density at radius 3 is 2.48 bits per heavy atom. The Morgan fingerprint density at radius 2 is 1.72 bits per heavy atom. The van der Waals surface area contributed by atoms with Gasteiger partial charge in [0.15, 0.2) is 11.5 Å². The quantitative estimate of drug-likeness (QED) is 0.769. The minimum absolute atomic E-state index is 0.0828. The van der Waals surface area contributed by atoms with Gasteiger partial charge in [-0.15, -0.1) is 0 Å². The fourth-order valence-corrected chi connectivity index (χ4v) is 2.97. The number of nitrogens with one attached hydrogen (secondary N) is 2. The van der Waals surface area contributed by atoms with Gasteiger partial charge in [0.2, 0.25) is 0 Å². The molecular formula is C20H20N2O3. The zero-order valence-corrected chi connectivity index (χ0v) is 14.1. The molecule has 0 radical (unpaired) electrons. The lowest BCUT2D eigenvalue weighted by Gasteiger charge is -2.18. The van der Waals surface area contributed by atoms with E-state index in [0.717, 1.165) is 23.2 Å². The Hall–Kier alpha value is -2.79. The topological polar surface area (TPSA) is 63.4 Å². The van der Waals surface area contributed by atoms with E-state index in [1.54, 1.807) is 0 Å². The maximum absolute atomic E-state index is 12.3. The van der Waals surface area contributed by atoms with Gasteiger partial charge in [-0.3, -0.25) is 4.79 Å². The van der Waals surface area contributed by atoms with Crippen molar-refractivity contribution in [3.63, 3.8) is 0 Å². The van der Waals surface area contributed by atoms with Crippen LogP contribution in [0.25, 0.3) is 10.9 Å². The third-order valence-electron chi connectivity index (χ3n) is 4.35. The first-order valence-electron chi connectivity index (χ1n) is 8.41. The lowest BCUT2D eigenvalue weighted by atomic mass is 10.1. The molecule has 5 heteroatoms. The highest BCUT2D eigenvalue weighted by atomic mass is 16.6. The zero-order chi connectivity index (χ0) is 17.2. The molecule has 0 amide bonds. The van der Waals surface area contributed by atoms with Crippen molar-refractivity contribution >= 4 is 10.9 Å². The van der Waals surface area contributed by atoms with E-state index in [0.29, 0.717) is 31.1 Å². The largest absolute Gasteiger partial charge is 0.486 e. The Labute approximate surface area is 145 Å². The van der Waals surface area contributed by atoms with Crippen molar-refractivity contribution < 1.29 is 9.47 Å². The van der Waals surface area contributed by atoms with Gasteiger partial charge in [0.25, 0.3) is 5.56 Å². The van der Waals surface area contributed by atoms with Gasteiger partial charge in [0.1, 0.15) is 13.2 Å². The van der Waals surface area contributed by atoms with E-state index < -0.39 is 0 Å². The van der Waals surface area contributed by atoms with Crippen LogP contribution in [0.15, 0.2) is 47.3 Å². The number of aromatic nitrogens is 1. The summed E-state index contributed by atoms with van der Waals surface area (Å²) in [5.41, 5.74) is 3.82.